The number of hydrogen-bond acceptors (Lipinski definition) is 4. The molecule has 106 valence electrons. The van der Waals surface area contributed by atoms with Crippen LogP contribution < -0.4 is 14.9 Å². The van der Waals surface area contributed by atoms with Gasteiger partial charge in [0, 0.05) is 12.0 Å². The van der Waals surface area contributed by atoms with Gasteiger partial charge in [-0.1, -0.05) is 12.1 Å². The van der Waals surface area contributed by atoms with Crippen LogP contribution in [0.15, 0.2) is 18.2 Å². The summed E-state index contributed by atoms with van der Waals surface area (Å²) in [4.78, 5) is 25.1. The zero-order valence-electron chi connectivity index (χ0n) is 11.5. The predicted octanol–water partition coefficient (Wildman–Crippen LogP) is 1.01. The number of anilines is 1. The number of amides is 2. The third-order valence-corrected chi connectivity index (χ3v) is 4.01. The van der Waals surface area contributed by atoms with Gasteiger partial charge in [0.25, 0.3) is 0 Å². The van der Waals surface area contributed by atoms with Crippen molar-refractivity contribution in [2.45, 2.75) is 25.8 Å². The first-order valence-electron chi connectivity index (χ1n) is 6.67. The minimum absolute atomic E-state index is 0.201. The van der Waals surface area contributed by atoms with Gasteiger partial charge in [-0.25, -0.2) is 0 Å². The number of hydroxylamine groups is 2. The van der Waals surface area contributed by atoms with Crippen LogP contribution in [0.3, 0.4) is 0 Å². The molecule has 0 spiro atoms. The number of carbonyl (C=O) groups excluding carboxylic acids is 2. The molecule has 1 aromatic rings. The molecule has 3 rings (SSSR count). The maximum absolute atomic E-state index is 12.7. The van der Waals surface area contributed by atoms with E-state index in [1.54, 1.807) is 7.05 Å². The summed E-state index contributed by atoms with van der Waals surface area (Å²) >= 11 is 0. The Morgan fingerprint density at radius 3 is 2.85 bits per heavy atom. The molecule has 0 saturated carbocycles. The maximum Gasteiger partial charge on any atom is 0.249 e. The Kier molecular flexibility index (Phi) is 2.81. The first kappa shape index (κ1) is 13.1. The molecule has 1 aromatic carbocycles. The van der Waals surface area contributed by atoms with Crippen molar-refractivity contribution in [3.63, 3.8) is 0 Å². The van der Waals surface area contributed by atoms with Gasteiger partial charge in [0.2, 0.25) is 11.8 Å². The number of carbonyl (C=O) groups is 2. The maximum atomic E-state index is 12.7. The third kappa shape index (κ3) is 1.88. The van der Waals surface area contributed by atoms with Gasteiger partial charge in [0.1, 0.15) is 11.7 Å². The quantitative estimate of drug-likeness (QED) is 0.472. The average molecular weight is 275 g/mol. The van der Waals surface area contributed by atoms with Crippen LogP contribution in [0.25, 0.3) is 0 Å². The molecule has 0 aliphatic carbocycles. The van der Waals surface area contributed by atoms with Crippen molar-refractivity contribution in [3.8, 4) is 0 Å². The Bertz CT molecular complexity index is 597. The molecule has 20 heavy (non-hydrogen) atoms. The van der Waals surface area contributed by atoms with Gasteiger partial charge in [-0.05, 0) is 19.4 Å². The SMILES string of the molecule is Cc1cccc2c1[N+](C)([O-])CN2C1CCC(=O)NC1=O. The van der Waals surface area contributed by atoms with E-state index in [1.807, 2.05) is 30.0 Å². The highest BCUT2D eigenvalue weighted by Crippen LogP contribution is 2.43. The number of aryl methyl sites for hydroxylation is 1. The molecule has 2 unspecified atom stereocenters. The summed E-state index contributed by atoms with van der Waals surface area (Å²) in [6.45, 7) is 2.10. The lowest BCUT2D eigenvalue weighted by molar-refractivity contribution is -0.134. The molecular weight excluding hydrogens is 258 g/mol. The van der Waals surface area contributed by atoms with Gasteiger partial charge in [-0.15, -0.1) is 0 Å². The number of hydrogen-bond donors (Lipinski definition) is 1. The number of nitrogens with zero attached hydrogens (tertiary/aromatic N) is 2. The van der Waals surface area contributed by atoms with E-state index in [2.05, 4.69) is 5.32 Å². The second kappa shape index (κ2) is 4.29. The summed E-state index contributed by atoms with van der Waals surface area (Å²) in [6, 6.07) is 5.22. The van der Waals surface area contributed by atoms with Crippen molar-refractivity contribution in [3.05, 3.63) is 29.0 Å². The summed E-state index contributed by atoms with van der Waals surface area (Å²) in [5, 5.41) is 15.0. The molecule has 2 atom stereocenters. The van der Waals surface area contributed by atoms with E-state index < -0.39 is 10.7 Å². The topological polar surface area (TPSA) is 72.5 Å². The summed E-state index contributed by atoms with van der Waals surface area (Å²) in [6.07, 6.45) is 0.772. The van der Waals surface area contributed by atoms with Crippen molar-refractivity contribution < 1.29 is 9.59 Å². The molecule has 0 aromatic heterocycles. The summed E-state index contributed by atoms with van der Waals surface area (Å²) in [7, 11) is 1.59. The molecule has 1 N–H and O–H groups in total. The normalized spacial score (nSPS) is 29.4. The molecule has 1 fully saturated rings. The Morgan fingerprint density at radius 1 is 1.40 bits per heavy atom. The van der Waals surface area contributed by atoms with Crippen LogP contribution in [-0.4, -0.2) is 31.6 Å². The van der Waals surface area contributed by atoms with Gasteiger partial charge in [0.15, 0.2) is 12.4 Å². The minimum Gasteiger partial charge on any atom is -0.626 e. The molecule has 2 heterocycles. The zero-order valence-corrected chi connectivity index (χ0v) is 11.5. The van der Waals surface area contributed by atoms with E-state index in [1.165, 1.54) is 0 Å². The number of piperidine rings is 1. The Balaban J connectivity index is 2.00. The monoisotopic (exact) mass is 275 g/mol. The van der Waals surface area contributed by atoms with Crippen LogP contribution in [-0.2, 0) is 9.59 Å². The second-order valence-corrected chi connectivity index (χ2v) is 5.62. The van der Waals surface area contributed by atoms with Crippen LogP contribution in [0.5, 0.6) is 0 Å². The van der Waals surface area contributed by atoms with Crippen LogP contribution >= 0.6 is 0 Å². The zero-order chi connectivity index (χ0) is 14.5. The highest BCUT2D eigenvalue weighted by Gasteiger charge is 2.42. The number of nitrogens with one attached hydrogen (secondary N) is 1. The number of quaternary nitrogens is 1. The van der Waals surface area contributed by atoms with Crippen molar-refractivity contribution in [2.24, 2.45) is 0 Å². The van der Waals surface area contributed by atoms with Crippen molar-refractivity contribution >= 4 is 23.2 Å². The molecule has 0 radical (unpaired) electrons. The summed E-state index contributed by atoms with van der Waals surface area (Å²) in [5.41, 5.74) is 2.43. The average Bonchev–Trinajstić information content (AvgIpc) is 2.62. The lowest BCUT2D eigenvalue weighted by Gasteiger charge is -2.36. The van der Waals surface area contributed by atoms with E-state index in [0.29, 0.717) is 18.5 Å². The molecule has 0 bridgehead atoms. The minimum atomic E-state index is -0.514. The van der Waals surface area contributed by atoms with Crippen LogP contribution in [0, 0.1) is 12.1 Å². The molecule has 2 aliphatic heterocycles. The lowest BCUT2D eigenvalue weighted by Crippen LogP contribution is -2.55. The summed E-state index contributed by atoms with van der Waals surface area (Å²) < 4.78 is -0.514. The second-order valence-electron chi connectivity index (χ2n) is 5.62. The van der Waals surface area contributed by atoms with E-state index in [0.717, 1.165) is 11.3 Å². The van der Waals surface area contributed by atoms with Gasteiger partial charge in [-0.3, -0.25) is 14.9 Å². The fraction of sp³-hybridized carbons (Fsp3) is 0.429. The molecular formula is C14H17N3O3. The van der Waals surface area contributed by atoms with Crippen molar-refractivity contribution in [2.75, 3.05) is 18.6 Å². The van der Waals surface area contributed by atoms with E-state index >= 15 is 0 Å². The Hall–Kier alpha value is -1.92. The highest BCUT2D eigenvalue weighted by molar-refractivity contribution is 6.02. The Labute approximate surface area is 117 Å². The molecule has 2 amide bonds. The largest absolute Gasteiger partial charge is 0.626 e. The highest BCUT2D eigenvalue weighted by atomic mass is 16.5. The first-order valence-corrected chi connectivity index (χ1v) is 6.67. The number of benzene rings is 1. The standard InChI is InChI=1S/C14H17N3O3/c1-9-4-3-5-10-13(9)17(2,20)8-16(10)11-6-7-12(18)15-14(11)19/h3-5,11H,6-8H2,1-2H3,(H,15,18,19). The van der Waals surface area contributed by atoms with E-state index in [4.69, 9.17) is 0 Å². The molecule has 6 nitrogen and oxygen atoms in total. The first-order chi connectivity index (χ1) is 9.40. The molecule has 1 saturated heterocycles. The van der Waals surface area contributed by atoms with Crippen molar-refractivity contribution in [1.82, 2.24) is 9.96 Å². The smallest absolute Gasteiger partial charge is 0.249 e. The van der Waals surface area contributed by atoms with E-state index in [-0.39, 0.29) is 18.5 Å². The van der Waals surface area contributed by atoms with Gasteiger partial charge in [-0.2, -0.15) is 0 Å². The lowest BCUT2D eigenvalue weighted by atomic mass is 10.0. The fourth-order valence-corrected chi connectivity index (χ4v) is 3.17. The van der Waals surface area contributed by atoms with Gasteiger partial charge >= 0.3 is 0 Å². The van der Waals surface area contributed by atoms with E-state index in [9.17, 15) is 14.8 Å². The fourth-order valence-electron chi connectivity index (χ4n) is 3.17. The number of para-hydroxylation sites is 1. The van der Waals surface area contributed by atoms with Gasteiger partial charge < -0.3 is 14.8 Å². The molecule has 6 heteroatoms. The van der Waals surface area contributed by atoms with Crippen LogP contribution in [0.4, 0.5) is 11.4 Å². The number of imide groups is 1. The van der Waals surface area contributed by atoms with Crippen molar-refractivity contribution in [1.29, 1.82) is 0 Å². The molecule has 2 aliphatic rings. The van der Waals surface area contributed by atoms with Gasteiger partial charge in [0.05, 0.1) is 7.05 Å². The Morgan fingerprint density at radius 2 is 2.15 bits per heavy atom. The summed E-state index contributed by atoms with van der Waals surface area (Å²) in [5.74, 6) is -0.551. The van der Waals surface area contributed by atoms with Crippen LogP contribution in [0.1, 0.15) is 18.4 Å². The van der Waals surface area contributed by atoms with Crippen LogP contribution in [0.2, 0.25) is 0 Å². The number of rotatable bonds is 1. The number of fused-ring (bicyclic) bond motifs is 1. The third-order valence-electron chi connectivity index (χ3n) is 4.01. The predicted molar refractivity (Wildman–Crippen MR) is 75.8 cm³/mol.